The van der Waals surface area contributed by atoms with Crippen LogP contribution in [0.4, 0.5) is 0 Å². The number of nitrogens with zero attached hydrogens (tertiary/aromatic N) is 1. The first-order valence-electron chi connectivity index (χ1n) is 7.04. The van der Waals surface area contributed by atoms with Gasteiger partial charge in [-0.25, -0.2) is 0 Å². The second-order valence-corrected chi connectivity index (χ2v) is 6.63. The molecule has 2 N–H and O–H groups in total. The van der Waals surface area contributed by atoms with Crippen LogP contribution in [0.1, 0.15) is 37.3 Å². The number of hydrogen-bond donors (Lipinski definition) is 1. The lowest BCUT2D eigenvalue weighted by Crippen LogP contribution is -2.15. The van der Waals surface area contributed by atoms with Crippen molar-refractivity contribution in [1.82, 2.24) is 4.98 Å². The molecule has 3 heteroatoms. The highest BCUT2D eigenvalue weighted by Gasteiger charge is 2.18. The molecule has 1 saturated carbocycles. The quantitative estimate of drug-likeness (QED) is 0.917. The number of thioether (sulfide) groups is 1. The van der Waals surface area contributed by atoms with Gasteiger partial charge in [-0.15, -0.1) is 0 Å². The van der Waals surface area contributed by atoms with Crippen LogP contribution in [0.3, 0.4) is 0 Å². The molecule has 1 fully saturated rings. The highest BCUT2D eigenvalue weighted by atomic mass is 32.2. The molecule has 1 aliphatic rings. The molecule has 19 heavy (non-hydrogen) atoms. The number of hydrogen-bond acceptors (Lipinski definition) is 3. The number of aromatic nitrogens is 1. The van der Waals surface area contributed by atoms with Gasteiger partial charge in [0, 0.05) is 34.8 Å². The van der Waals surface area contributed by atoms with Crippen molar-refractivity contribution in [3.05, 3.63) is 42.2 Å². The van der Waals surface area contributed by atoms with Gasteiger partial charge in [0.2, 0.25) is 0 Å². The zero-order valence-electron chi connectivity index (χ0n) is 11.1. The Labute approximate surface area is 118 Å². The fourth-order valence-corrected chi connectivity index (χ4v) is 4.15. The Morgan fingerprint density at radius 2 is 2.00 bits per heavy atom. The summed E-state index contributed by atoms with van der Waals surface area (Å²) in [6, 6.07) is 8.45. The molecule has 1 aliphatic carbocycles. The number of fused-ring (bicyclic) bond motifs is 1. The number of rotatable bonds is 4. The Morgan fingerprint density at radius 1 is 1.21 bits per heavy atom. The molecule has 0 radical (unpaired) electrons. The molecular formula is C16H20N2S. The summed E-state index contributed by atoms with van der Waals surface area (Å²) in [4.78, 5) is 4.32. The summed E-state index contributed by atoms with van der Waals surface area (Å²) < 4.78 is 0. The van der Waals surface area contributed by atoms with Crippen LogP contribution in [0.15, 0.2) is 36.7 Å². The summed E-state index contributed by atoms with van der Waals surface area (Å²) in [5.41, 5.74) is 7.56. The molecule has 0 amide bonds. The lowest BCUT2D eigenvalue weighted by molar-refractivity contribution is 0.822. The maximum absolute atomic E-state index is 6.38. The molecule has 3 rings (SSSR count). The van der Waals surface area contributed by atoms with E-state index < -0.39 is 0 Å². The van der Waals surface area contributed by atoms with Crippen LogP contribution in [0.2, 0.25) is 0 Å². The van der Waals surface area contributed by atoms with Gasteiger partial charge in [-0.1, -0.05) is 37.1 Å². The summed E-state index contributed by atoms with van der Waals surface area (Å²) in [6.45, 7) is 0. The smallest absolute Gasteiger partial charge is 0.0408 e. The monoisotopic (exact) mass is 272 g/mol. The fraction of sp³-hybridized carbons (Fsp3) is 0.438. The number of pyridine rings is 1. The third-order valence-corrected chi connectivity index (χ3v) is 5.41. The minimum Gasteiger partial charge on any atom is -0.323 e. The van der Waals surface area contributed by atoms with Crippen molar-refractivity contribution in [1.29, 1.82) is 0 Å². The van der Waals surface area contributed by atoms with Gasteiger partial charge in [-0.3, -0.25) is 4.98 Å². The number of benzene rings is 1. The van der Waals surface area contributed by atoms with E-state index in [1.54, 1.807) is 0 Å². The van der Waals surface area contributed by atoms with Gasteiger partial charge in [0.15, 0.2) is 0 Å². The van der Waals surface area contributed by atoms with Gasteiger partial charge in [0.25, 0.3) is 0 Å². The lowest BCUT2D eigenvalue weighted by Gasteiger charge is -2.16. The van der Waals surface area contributed by atoms with E-state index in [-0.39, 0.29) is 6.04 Å². The van der Waals surface area contributed by atoms with Crippen molar-refractivity contribution in [2.75, 3.05) is 5.75 Å². The van der Waals surface area contributed by atoms with E-state index in [0.29, 0.717) is 0 Å². The molecule has 0 spiro atoms. The van der Waals surface area contributed by atoms with Gasteiger partial charge in [0.05, 0.1) is 0 Å². The summed E-state index contributed by atoms with van der Waals surface area (Å²) in [7, 11) is 0. The Morgan fingerprint density at radius 3 is 2.84 bits per heavy atom. The van der Waals surface area contributed by atoms with Gasteiger partial charge < -0.3 is 5.73 Å². The zero-order valence-corrected chi connectivity index (χ0v) is 11.9. The Bertz CT molecular complexity index is 544. The Balaban J connectivity index is 1.75. The molecule has 2 nitrogen and oxygen atoms in total. The average molecular weight is 272 g/mol. The largest absolute Gasteiger partial charge is 0.323 e. The van der Waals surface area contributed by atoms with E-state index in [2.05, 4.69) is 23.2 Å². The van der Waals surface area contributed by atoms with Crippen molar-refractivity contribution in [2.24, 2.45) is 5.73 Å². The predicted octanol–water partition coefficient (Wildman–Crippen LogP) is 3.91. The average Bonchev–Trinajstić information content (AvgIpc) is 2.97. The molecule has 100 valence electrons. The van der Waals surface area contributed by atoms with Crippen LogP contribution in [0.5, 0.6) is 0 Å². The third-order valence-electron chi connectivity index (χ3n) is 3.91. The predicted molar refractivity (Wildman–Crippen MR) is 83.4 cm³/mol. The summed E-state index contributed by atoms with van der Waals surface area (Å²) in [5, 5.41) is 3.26. The van der Waals surface area contributed by atoms with E-state index in [1.165, 1.54) is 42.0 Å². The summed E-state index contributed by atoms with van der Waals surface area (Å²) >= 11 is 2.04. The first-order valence-corrected chi connectivity index (χ1v) is 8.09. The molecule has 2 aromatic rings. The van der Waals surface area contributed by atoms with E-state index in [0.717, 1.165) is 11.0 Å². The van der Waals surface area contributed by atoms with Crippen LogP contribution < -0.4 is 5.73 Å². The molecule has 0 aliphatic heterocycles. The van der Waals surface area contributed by atoms with E-state index in [4.69, 9.17) is 5.73 Å². The molecule has 1 heterocycles. The van der Waals surface area contributed by atoms with Crippen LogP contribution in [-0.2, 0) is 0 Å². The second-order valence-electron chi connectivity index (χ2n) is 5.30. The highest BCUT2D eigenvalue weighted by Crippen LogP contribution is 2.32. The minimum absolute atomic E-state index is 0.0872. The Hall–Kier alpha value is -1.06. The van der Waals surface area contributed by atoms with Crippen LogP contribution in [-0.4, -0.2) is 16.0 Å². The molecule has 1 unspecified atom stereocenters. The number of nitrogens with two attached hydrogens (primary N) is 1. The van der Waals surface area contributed by atoms with Crippen molar-refractivity contribution in [2.45, 2.75) is 37.0 Å². The van der Waals surface area contributed by atoms with Gasteiger partial charge in [0.1, 0.15) is 0 Å². The summed E-state index contributed by atoms with van der Waals surface area (Å²) in [6.07, 6.45) is 9.36. The van der Waals surface area contributed by atoms with Crippen molar-refractivity contribution >= 4 is 22.5 Å². The normalized spacial score (nSPS) is 17.9. The lowest BCUT2D eigenvalue weighted by atomic mass is 10.0. The first-order chi connectivity index (χ1) is 9.34. The molecule has 1 aromatic heterocycles. The topological polar surface area (TPSA) is 38.9 Å². The van der Waals surface area contributed by atoms with Gasteiger partial charge in [-0.2, -0.15) is 11.8 Å². The Kier molecular flexibility index (Phi) is 4.04. The van der Waals surface area contributed by atoms with Crippen LogP contribution in [0, 0.1) is 0 Å². The van der Waals surface area contributed by atoms with Gasteiger partial charge in [-0.05, 0) is 23.8 Å². The van der Waals surface area contributed by atoms with Crippen molar-refractivity contribution < 1.29 is 0 Å². The molecule has 1 atom stereocenters. The van der Waals surface area contributed by atoms with E-state index in [9.17, 15) is 0 Å². The molecular weight excluding hydrogens is 252 g/mol. The standard InChI is InChI=1S/C16H20N2S/c17-16(11-19-13-6-2-3-7-13)15-10-18-9-12-5-1-4-8-14(12)15/h1,4-5,8-10,13,16H,2-3,6-7,11,17H2. The van der Waals surface area contributed by atoms with Crippen LogP contribution >= 0.6 is 11.8 Å². The minimum atomic E-state index is 0.0872. The van der Waals surface area contributed by atoms with E-state index >= 15 is 0 Å². The van der Waals surface area contributed by atoms with Crippen LogP contribution in [0.25, 0.3) is 10.8 Å². The van der Waals surface area contributed by atoms with Crippen molar-refractivity contribution in [3.8, 4) is 0 Å². The van der Waals surface area contributed by atoms with Gasteiger partial charge >= 0.3 is 0 Å². The van der Waals surface area contributed by atoms with Crippen molar-refractivity contribution in [3.63, 3.8) is 0 Å². The fourth-order valence-electron chi connectivity index (χ4n) is 2.82. The molecule has 0 bridgehead atoms. The molecule has 1 aromatic carbocycles. The summed E-state index contributed by atoms with van der Waals surface area (Å²) in [5.74, 6) is 1.00. The maximum atomic E-state index is 6.38. The zero-order chi connectivity index (χ0) is 13.1. The highest BCUT2D eigenvalue weighted by molar-refractivity contribution is 7.99. The third kappa shape index (κ3) is 2.93. The first kappa shape index (κ1) is 12.9. The van der Waals surface area contributed by atoms with E-state index in [1.807, 2.05) is 30.2 Å². The second kappa shape index (κ2) is 5.93. The molecule has 0 saturated heterocycles. The SMILES string of the molecule is NC(CSC1CCCC1)c1cncc2ccccc12. The maximum Gasteiger partial charge on any atom is 0.0408 e.